The summed E-state index contributed by atoms with van der Waals surface area (Å²) in [4.78, 5) is 56.1. The summed E-state index contributed by atoms with van der Waals surface area (Å²) in [5.41, 5.74) is 2.26. The topological polar surface area (TPSA) is 84.0 Å². The van der Waals surface area contributed by atoms with Gasteiger partial charge in [-0.2, -0.15) is 0 Å². The van der Waals surface area contributed by atoms with E-state index in [4.69, 9.17) is 4.84 Å². The summed E-state index contributed by atoms with van der Waals surface area (Å²) >= 11 is 0. The Labute approximate surface area is 155 Å². The summed E-state index contributed by atoms with van der Waals surface area (Å²) in [6.07, 6.45) is 0.262. The van der Waals surface area contributed by atoms with Crippen LogP contribution < -0.4 is 0 Å². The summed E-state index contributed by atoms with van der Waals surface area (Å²) in [5.74, 6) is -2.47. The molecule has 0 N–H and O–H groups in total. The number of hydroxylamine groups is 2. The largest absolute Gasteiger partial charge is 0.355 e. The number of hydrogen-bond donors (Lipinski definition) is 0. The quantitative estimate of drug-likeness (QED) is 0.758. The Balaban J connectivity index is 1.58. The van der Waals surface area contributed by atoms with Crippen molar-refractivity contribution in [3.05, 3.63) is 70.8 Å². The van der Waals surface area contributed by atoms with Gasteiger partial charge >= 0.3 is 5.97 Å². The van der Waals surface area contributed by atoms with Crippen LogP contribution in [0.1, 0.15) is 38.8 Å². The fraction of sp³-hybridized carbons (Fsp3) is 0.200. The molecule has 1 atom stereocenters. The van der Waals surface area contributed by atoms with E-state index < -0.39 is 23.8 Å². The van der Waals surface area contributed by atoms with Crippen molar-refractivity contribution in [3.63, 3.8) is 0 Å². The van der Waals surface area contributed by atoms with Gasteiger partial charge in [-0.3, -0.25) is 14.4 Å². The van der Waals surface area contributed by atoms with Crippen molar-refractivity contribution in [2.24, 2.45) is 0 Å². The minimum Gasteiger partial charge on any atom is -0.327 e. The number of benzene rings is 2. The molecule has 0 aromatic heterocycles. The van der Waals surface area contributed by atoms with Gasteiger partial charge in [0, 0.05) is 19.9 Å². The van der Waals surface area contributed by atoms with Gasteiger partial charge in [-0.15, -0.1) is 0 Å². The molecule has 3 amide bonds. The number of fused-ring (bicyclic) bond motifs is 2. The normalized spacial score (nSPS) is 18.2. The lowest BCUT2D eigenvalue weighted by atomic mass is 9.94. The average molecular weight is 364 g/mol. The van der Waals surface area contributed by atoms with E-state index in [-0.39, 0.29) is 30.0 Å². The van der Waals surface area contributed by atoms with Crippen LogP contribution in [0, 0.1) is 0 Å². The van der Waals surface area contributed by atoms with Crippen molar-refractivity contribution < 1.29 is 24.0 Å². The molecule has 2 heterocycles. The molecule has 0 radical (unpaired) electrons. The fourth-order valence-electron chi connectivity index (χ4n) is 3.47. The molecule has 2 aliphatic heterocycles. The fourth-order valence-corrected chi connectivity index (χ4v) is 3.47. The number of carbonyl (C=O) groups is 4. The molecule has 0 fully saturated rings. The minimum atomic E-state index is -0.901. The third kappa shape index (κ3) is 2.77. The number of hydrogen-bond acceptors (Lipinski definition) is 5. The predicted molar refractivity (Wildman–Crippen MR) is 93.2 cm³/mol. The van der Waals surface area contributed by atoms with E-state index in [0.29, 0.717) is 5.06 Å². The van der Waals surface area contributed by atoms with Gasteiger partial charge < -0.3 is 9.74 Å². The van der Waals surface area contributed by atoms with Gasteiger partial charge in [-0.25, -0.2) is 4.79 Å². The first kappa shape index (κ1) is 17.0. The summed E-state index contributed by atoms with van der Waals surface area (Å²) < 4.78 is 0. The zero-order chi connectivity index (χ0) is 19.1. The zero-order valence-corrected chi connectivity index (χ0v) is 14.5. The second kappa shape index (κ2) is 6.35. The number of rotatable bonds is 2. The van der Waals surface area contributed by atoms with Crippen LogP contribution in [0.2, 0.25) is 0 Å². The van der Waals surface area contributed by atoms with Gasteiger partial charge in [0.05, 0.1) is 11.1 Å². The Morgan fingerprint density at radius 1 is 0.926 bits per heavy atom. The zero-order valence-electron chi connectivity index (χ0n) is 14.5. The Morgan fingerprint density at radius 2 is 1.48 bits per heavy atom. The molecule has 1 unspecified atom stereocenters. The standard InChI is InChI=1S/C20H16N2O5/c1-12(23)21-11-14-7-3-2-6-13(14)10-17(21)20(26)27-22-18(24)15-8-4-5-9-16(15)19(22)25/h2-9,17H,10-11H2,1H3. The molecule has 27 heavy (non-hydrogen) atoms. The monoisotopic (exact) mass is 364 g/mol. The highest BCUT2D eigenvalue weighted by Gasteiger charge is 2.42. The second-order valence-electron chi connectivity index (χ2n) is 6.50. The lowest BCUT2D eigenvalue weighted by Crippen LogP contribution is -2.50. The number of carbonyl (C=O) groups excluding carboxylic acids is 4. The van der Waals surface area contributed by atoms with Crippen LogP contribution in [0.25, 0.3) is 0 Å². The van der Waals surface area contributed by atoms with Crippen LogP contribution in [0.3, 0.4) is 0 Å². The van der Waals surface area contributed by atoms with E-state index in [1.54, 1.807) is 12.1 Å². The van der Waals surface area contributed by atoms with Gasteiger partial charge in [0.2, 0.25) is 5.91 Å². The molecule has 4 rings (SSSR count). The van der Waals surface area contributed by atoms with Crippen molar-refractivity contribution >= 4 is 23.7 Å². The minimum absolute atomic E-state index is 0.188. The van der Waals surface area contributed by atoms with Crippen LogP contribution in [-0.2, 0) is 27.4 Å². The van der Waals surface area contributed by atoms with Crippen LogP contribution in [0.4, 0.5) is 0 Å². The molecule has 7 heteroatoms. The molecule has 0 spiro atoms. The molecule has 0 saturated heterocycles. The average Bonchev–Trinajstić information content (AvgIpc) is 2.92. The first-order chi connectivity index (χ1) is 13.0. The molecule has 2 aromatic rings. The van der Waals surface area contributed by atoms with Crippen molar-refractivity contribution in [2.75, 3.05) is 0 Å². The van der Waals surface area contributed by atoms with Gasteiger partial charge in [0.1, 0.15) is 6.04 Å². The molecular weight excluding hydrogens is 348 g/mol. The maximum Gasteiger partial charge on any atom is 0.355 e. The molecular formula is C20H16N2O5. The molecule has 2 aromatic carbocycles. The molecule has 0 saturated carbocycles. The van der Waals surface area contributed by atoms with E-state index in [2.05, 4.69) is 0 Å². The smallest absolute Gasteiger partial charge is 0.327 e. The number of nitrogens with zero attached hydrogens (tertiary/aromatic N) is 2. The second-order valence-corrected chi connectivity index (χ2v) is 6.50. The SMILES string of the molecule is CC(=O)N1Cc2ccccc2CC1C(=O)ON1C(=O)c2ccccc2C1=O. The van der Waals surface area contributed by atoms with Crippen molar-refractivity contribution in [3.8, 4) is 0 Å². The van der Waals surface area contributed by atoms with Crippen molar-refractivity contribution in [1.82, 2.24) is 9.96 Å². The summed E-state index contributed by atoms with van der Waals surface area (Å²) in [5, 5.41) is 0.478. The maximum absolute atomic E-state index is 12.8. The number of amides is 3. The van der Waals surface area contributed by atoms with Crippen LogP contribution in [0.5, 0.6) is 0 Å². The molecule has 0 aliphatic carbocycles. The summed E-state index contributed by atoms with van der Waals surface area (Å²) in [6.45, 7) is 1.64. The Morgan fingerprint density at radius 3 is 2.07 bits per heavy atom. The van der Waals surface area contributed by atoms with Crippen molar-refractivity contribution in [1.29, 1.82) is 0 Å². The lowest BCUT2D eigenvalue weighted by Gasteiger charge is -2.34. The Hall–Kier alpha value is -3.48. The van der Waals surface area contributed by atoms with Gasteiger partial charge in [0.15, 0.2) is 0 Å². The van der Waals surface area contributed by atoms with E-state index in [9.17, 15) is 19.2 Å². The third-order valence-corrected chi connectivity index (χ3v) is 4.86. The van der Waals surface area contributed by atoms with E-state index in [1.807, 2.05) is 24.3 Å². The highest BCUT2D eigenvalue weighted by Crippen LogP contribution is 2.27. The predicted octanol–water partition coefficient (Wildman–Crippen LogP) is 1.71. The third-order valence-electron chi connectivity index (χ3n) is 4.86. The molecule has 0 bridgehead atoms. The Kier molecular flexibility index (Phi) is 3.99. The van der Waals surface area contributed by atoms with E-state index in [1.165, 1.54) is 24.0 Å². The lowest BCUT2D eigenvalue weighted by molar-refractivity contribution is -0.177. The molecule has 7 nitrogen and oxygen atoms in total. The summed E-state index contributed by atoms with van der Waals surface area (Å²) in [7, 11) is 0. The first-order valence-electron chi connectivity index (χ1n) is 8.51. The van der Waals surface area contributed by atoms with Crippen LogP contribution in [0.15, 0.2) is 48.5 Å². The maximum atomic E-state index is 12.8. The Bertz CT molecular complexity index is 949. The van der Waals surface area contributed by atoms with Gasteiger partial charge in [0.25, 0.3) is 11.8 Å². The molecule has 136 valence electrons. The highest BCUT2D eigenvalue weighted by molar-refractivity contribution is 6.20. The summed E-state index contributed by atoms with van der Waals surface area (Å²) in [6, 6.07) is 12.9. The van der Waals surface area contributed by atoms with E-state index >= 15 is 0 Å². The molecule has 2 aliphatic rings. The van der Waals surface area contributed by atoms with E-state index in [0.717, 1.165) is 11.1 Å². The van der Waals surface area contributed by atoms with Crippen LogP contribution >= 0.6 is 0 Å². The van der Waals surface area contributed by atoms with Crippen molar-refractivity contribution in [2.45, 2.75) is 25.9 Å². The number of imide groups is 1. The van der Waals surface area contributed by atoms with Crippen LogP contribution in [-0.4, -0.2) is 39.7 Å². The first-order valence-corrected chi connectivity index (χ1v) is 8.51. The highest BCUT2D eigenvalue weighted by atomic mass is 16.7. The van der Waals surface area contributed by atoms with Gasteiger partial charge in [-0.1, -0.05) is 41.5 Å². The van der Waals surface area contributed by atoms with Gasteiger partial charge in [-0.05, 0) is 23.3 Å².